The second-order valence-electron chi connectivity index (χ2n) is 6.92. The highest BCUT2D eigenvalue weighted by Gasteiger charge is 2.30. The highest BCUT2D eigenvalue weighted by molar-refractivity contribution is 5.79. The van der Waals surface area contributed by atoms with Crippen LogP contribution in [0.15, 0.2) is 53.1 Å². The molecule has 4 rings (SSSR count). The third-order valence-electron chi connectivity index (χ3n) is 4.81. The lowest BCUT2D eigenvalue weighted by Gasteiger charge is -2.15. The molecule has 1 aliphatic heterocycles. The number of hydrogen-bond donors (Lipinski definition) is 0. The van der Waals surface area contributed by atoms with Gasteiger partial charge in [0.15, 0.2) is 12.4 Å². The summed E-state index contributed by atoms with van der Waals surface area (Å²) in [6.07, 6.45) is 0.889. The standard InChI is InChI=1S/C21H19F2N3O3/c22-16-4-6-18(7-5-16)28-13-19-24-21(25-29-19)15-8-9-26(12-15)20(27)11-14-2-1-3-17(23)10-14/h1-7,10,15H,8-9,11-13H2. The van der Waals surface area contributed by atoms with Crippen molar-refractivity contribution >= 4 is 5.91 Å². The van der Waals surface area contributed by atoms with E-state index < -0.39 is 0 Å². The average molecular weight is 399 g/mol. The van der Waals surface area contributed by atoms with Crippen LogP contribution in [0.3, 0.4) is 0 Å². The van der Waals surface area contributed by atoms with Gasteiger partial charge in [0, 0.05) is 19.0 Å². The van der Waals surface area contributed by atoms with Crippen LogP contribution >= 0.6 is 0 Å². The Bertz CT molecular complexity index is 991. The van der Waals surface area contributed by atoms with Crippen LogP contribution in [-0.4, -0.2) is 34.0 Å². The quantitative estimate of drug-likeness (QED) is 0.635. The van der Waals surface area contributed by atoms with Crippen molar-refractivity contribution in [1.29, 1.82) is 0 Å². The van der Waals surface area contributed by atoms with Crippen LogP contribution in [-0.2, 0) is 17.8 Å². The van der Waals surface area contributed by atoms with Gasteiger partial charge in [-0.15, -0.1) is 0 Å². The maximum absolute atomic E-state index is 13.3. The number of carbonyl (C=O) groups excluding carboxylic acids is 1. The number of carbonyl (C=O) groups is 1. The molecule has 1 fully saturated rings. The van der Waals surface area contributed by atoms with Crippen LogP contribution in [0.2, 0.25) is 0 Å². The van der Waals surface area contributed by atoms with Gasteiger partial charge in [0.2, 0.25) is 5.91 Å². The molecule has 2 aromatic carbocycles. The van der Waals surface area contributed by atoms with Gasteiger partial charge < -0.3 is 14.2 Å². The van der Waals surface area contributed by atoms with E-state index in [0.717, 1.165) is 6.42 Å². The zero-order valence-corrected chi connectivity index (χ0v) is 15.6. The predicted molar refractivity (Wildman–Crippen MR) is 99.1 cm³/mol. The average Bonchev–Trinajstić information content (AvgIpc) is 3.37. The molecule has 1 aliphatic rings. The first kappa shape index (κ1) is 19.0. The molecule has 8 heteroatoms. The van der Waals surface area contributed by atoms with Gasteiger partial charge in [-0.05, 0) is 48.4 Å². The minimum Gasteiger partial charge on any atom is -0.484 e. The first-order valence-electron chi connectivity index (χ1n) is 9.30. The number of amides is 1. The molecule has 0 saturated carbocycles. The molecule has 1 saturated heterocycles. The fourth-order valence-electron chi connectivity index (χ4n) is 3.30. The van der Waals surface area contributed by atoms with Gasteiger partial charge in [0.25, 0.3) is 5.89 Å². The normalized spacial score (nSPS) is 16.2. The third kappa shape index (κ3) is 4.77. The molecule has 3 aromatic rings. The van der Waals surface area contributed by atoms with Gasteiger partial charge in [-0.3, -0.25) is 4.79 Å². The molecule has 1 aromatic heterocycles. The Labute approximate surface area is 166 Å². The van der Waals surface area contributed by atoms with E-state index >= 15 is 0 Å². The van der Waals surface area contributed by atoms with Gasteiger partial charge >= 0.3 is 0 Å². The summed E-state index contributed by atoms with van der Waals surface area (Å²) in [5, 5.41) is 4.00. The van der Waals surface area contributed by atoms with Gasteiger partial charge in [-0.25, -0.2) is 8.78 Å². The number of rotatable bonds is 6. The van der Waals surface area contributed by atoms with Crippen LogP contribution < -0.4 is 4.74 Å². The molecule has 1 unspecified atom stereocenters. The molecular weight excluding hydrogens is 380 g/mol. The van der Waals surface area contributed by atoms with Crippen molar-refractivity contribution in [2.24, 2.45) is 0 Å². The second-order valence-corrected chi connectivity index (χ2v) is 6.92. The van der Waals surface area contributed by atoms with E-state index in [4.69, 9.17) is 9.26 Å². The van der Waals surface area contributed by atoms with E-state index in [1.807, 2.05) is 0 Å². The summed E-state index contributed by atoms with van der Waals surface area (Å²) < 4.78 is 36.9. The summed E-state index contributed by atoms with van der Waals surface area (Å²) in [5.74, 6) is 0.585. The van der Waals surface area contributed by atoms with Gasteiger partial charge in [-0.1, -0.05) is 17.3 Å². The van der Waals surface area contributed by atoms with E-state index in [9.17, 15) is 13.6 Å². The summed E-state index contributed by atoms with van der Waals surface area (Å²) in [4.78, 5) is 18.6. The van der Waals surface area contributed by atoms with Gasteiger partial charge in [0.05, 0.1) is 6.42 Å². The minimum absolute atomic E-state index is 0.0187. The SMILES string of the molecule is O=C(Cc1cccc(F)c1)N1CCC(c2noc(COc3ccc(F)cc3)n2)C1. The Morgan fingerprint density at radius 3 is 2.79 bits per heavy atom. The summed E-state index contributed by atoms with van der Waals surface area (Å²) >= 11 is 0. The molecule has 0 spiro atoms. The maximum Gasteiger partial charge on any atom is 0.264 e. The molecule has 2 heterocycles. The molecule has 6 nitrogen and oxygen atoms in total. The van der Waals surface area contributed by atoms with Crippen molar-refractivity contribution < 1.29 is 22.8 Å². The zero-order chi connectivity index (χ0) is 20.2. The number of halogens is 2. The molecule has 0 radical (unpaired) electrons. The Morgan fingerprint density at radius 2 is 2.00 bits per heavy atom. The van der Waals surface area contributed by atoms with E-state index in [-0.39, 0.29) is 36.5 Å². The number of likely N-dealkylation sites (tertiary alicyclic amines) is 1. The van der Waals surface area contributed by atoms with Crippen molar-refractivity contribution in [3.8, 4) is 5.75 Å². The van der Waals surface area contributed by atoms with Crippen LogP contribution in [0.1, 0.15) is 29.6 Å². The monoisotopic (exact) mass is 399 g/mol. The lowest BCUT2D eigenvalue weighted by atomic mass is 10.1. The van der Waals surface area contributed by atoms with Crippen molar-refractivity contribution in [3.63, 3.8) is 0 Å². The maximum atomic E-state index is 13.3. The lowest BCUT2D eigenvalue weighted by molar-refractivity contribution is -0.129. The predicted octanol–water partition coefficient (Wildman–Crippen LogP) is 3.49. The van der Waals surface area contributed by atoms with Crippen LogP contribution in [0, 0.1) is 11.6 Å². The molecule has 150 valence electrons. The minimum atomic E-state index is -0.350. The Hall–Kier alpha value is -3.29. The second kappa shape index (κ2) is 8.38. The van der Waals surface area contributed by atoms with Crippen LogP contribution in [0.5, 0.6) is 5.75 Å². The molecule has 1 atom stereocenters. The van der Waals surface area contributed by atoms with E-state index in [1.165, 1.54) is 36.4 Å². The fraction of sp³-hybridized carbons (Fsp3) is 0.286. The number of benzene rings is 2. The first-order chi connectivity index (χ1) is 14.1. The lowest BCUT2D eigenvalue weighted by Crippen LogP contribution is -2.30. The highest BCUT2D eigenvalue weighted by Crippen LogP contribution is 2.26. The summed E-state index contributed by atoms with van der Waals surface area (Å²) in [6.45, 7) is 1.16. The first-order valence-corrected chi connectivity index (χ1v) is 9.30. The van der Waals surface area contributed by atoms with E-state index in [2.05, 4.69) is 10.1 Å². The molecule has 0 N–H and O–H groups in total. The third-order valence-corrected chi connectivity index (χ3v) is 4.81. The van der Waals surface area contributed by atoms with Gasteiger partial charge in [0.1, 0.15) is 17.4 Å². The molecule has 0 bridgehead atoms. The van der Waals surface area contributed by atoms with Crippen LogP contribution in [0.4, 0.5) is 8.78 Å². The summed E-state index contributed by atoms with van der Waals surface area (Å²) in [5.41, 5.74) is 0.651. The summed E-state index contributed by atoms with van der Waals surface area (Å²) in [6, 6.07) is 11.7. The fourth-order valence-corrected chi connectivity index (χ4v) is 3.30. The van der Waals surface area contributed by atoms with Crippen molar-refractivity contribution in [3.05, 3.63) is 77.4 Å². The number of nitrogens with zero attached hydrogens (tertiary/aromatic N) is 3. The summed E-state index contributed by atoms with van der Waals surface area (Å²) in [7, 11) is 0. The Morgan fingerprint density at radius 1 is 1.17 bits per heavy atom. The van der Waals surface area contributed by atoms with E-state index in [1.54, 1.807) is 17.0 Å². The van der Waals surface area contributed by atoms with Crippen molar-refractivity contribution in [2.75, 3.05) is 13.1 Å². The van der Waals surface area contributed by atoms with Crippen molar-refractivity contribution in [1.82, 2.24) is 15.0 Å². The van der Waals surface area contributed by atoms with E-state index in [0.29, 0.717) is 36.1 Å². The topological polar surface area (TPSA) is 68.5 Å². The smallest absolute Gasteiger partial charge is 0.264 e. The van der Waals surface area contributed by atoms with Crippen molar-refractivity contribution in [2.45, 2.75) is 25.4 Å². The number of aromatic nitrogens is 2. The molecule has 29 heavy (non-hydrogen) atoms. The number of hydrogen-bond acceptors (Lipinski definition) is 5. The molecule has 1 amide bonds. The number of ether oxygens (including phenoxy) is 1. The van der Waals surface area contributed by atoms with Crippen LogP contribution in [0.25, 0.3) is 0 Å². The largest absolute Gasteiger partial charge is 0.484 e. The molecule has 0 aliphatic carbocycles. The Balaban J connectivity index is 1.31. The highest BCUT2D eigenvalue weighted by atomic mass is 19.1. The zero-order valence-electron chi connectivity index (χ0n) is 15.6. The molecular formula is C21H19F2N3O3. The Kier molecular flexibility index (Phi) is 5.50. The van der Waals surface area contributed by atoms with Gasteiger partial charge in [-0.2, -0.15) is 4.98 Å².